The summed E-state index contributed by atoms with van der Waals surface area (Å²) in [5.74, 6) is -0.0982. The molecule has 0 bridgehead atoms. The molecular formula is C37H56N4O12. The minimum Gasteiger partial charge on any atom is -0.478 e. The molecule has 296 valence electrons. The topological polar surface area (TPSA) is 195 Å². The summed E-state index contributed by atoms with van der Waals surface area (Å²) in [5, 5.41) is 17.2. The van der Waals surface area contributed by atoms with Gasteiger partial charge in [0.15, 0.2) is 11.2 Å². The Morgan fingerprint density at radius 2 is 1.32 bits per heavy atom. The third-order valence-corrected chi connectivity index (χ3v) is 8.29. The molecule has 2 aromatic heterocycles. The van der Waals surface area contributed by atoms with Crippen molar-refractivity contribution in [1.82, 2.24) is 19.1 Å². The van der Waals surface area contributed by atoms with Gasteiger partial charge in [-0.3, -0.25) is 14.3 Å². The number of benzene rings is 1. The molecule has 0 atom stereocenters. The highest BCUT2D eigenvalue weighted by atomic mass is 16.6. The summed E-state index contributed by atoms with van der Waals surface area (Å²) < 4.78 is 39.5. The third kappa shape index (κ3) is 16.4. The van der Waals surface area contributed by atoms with Gasteiger partial charge in [0.1, 0.15) is 5.82 Å². The first-order valence-electron chi connectivity index (χ1n) is 18.1. The predicted molar refractivity (Wildman–Crippen MR) is 198 cm³/mol. The third-order valence-electron chi connectivity index (χ3n) is 8.29. The van der Waals surface area contributed by atoms with Crippen LogP contribution in [0.3, 0.4) is 0 Å². The first-order chi connectivity index (χ1) is 25.8. The molecule has 53 heavy (non-hydrogen) atoms. The Hall–Kier alpha value is -3.74. The Morgan fingerprint density at radius 3 is 1.81 bits per heavy atom. The Kier molecular flexibility index (Phi) is 21.5. The average molecular weight is 749 g/mol. The number of hydrogen-bond acceptors (Lipinski definition) is 12. The van der Waals surface area contributed by atoms with Gasteiger partial charge in [0.2, 0.25) is 0 Å². The van der Waals surface area contributed by atoms with Gasteiger partial charge < -0.3 is 47.9 Å². The fraction of sp³-hybridized carbons (Fsp3) is 0.622. The number of aryl methyl sites for hydroxylation is 1. The number of aliphatic hydroxyl groups excluding tert-OH is 1. The van der Waals surface area contributed by atoms with Gasteiger partial charge in [0, 0.05) is 32.3 Å². The Balaban J connectivity index is 0.000000298. The number of imidazole rings is 1. The first-order valence-corrected chi connectivity index (χ1v) is 18.1. The van der Waals surface area contributed by atoms with Crippen LogP contribution in [-0.4, -0.2) is 135 Å². The van der Waals surface area contributed by atoms with Gasteiger partial charge in [-0.2, -0.15) is 0 Å². The van der Waals surface area contributed by atoms with E-state index in [4.69, 9.17) is 43.4 Å². The summed E-state index contributed by atoms with van der Waals surface area (Å²) >= 11 is 0. The second-order valence-corrected chi connectivity index (χ2v) is 12.2. The standard InChI is InChI=1S/C22H24N4O4.C15H32O8/c1-25-18-19(23-20(25)16-10-7-14(8-11-16)9-12-17(27)28)24-22(30)26(21(18)29)13-15-5-3-2-4-6-15;1-17-4-5-19-8-9-21-12-13-23-15-14-22-11-10-20-7-6-18-3-2-16/h7-12,15H,2-6,13H2,1H3,(H,24,30)(H,27,28);16H,2-15H2,1H3/b12-9+;. The molecule has 0 radical (unpaired) electrons. The number of nitrogens with one attached hydrogen (secondary N) is 1. The van der Waals surface area contributed by atoms with E-state index in [1.807, 2.05) is 0 Å². The van der Waals surface area contributed by atoms with Crippen molar-refractivity contribution in [2.75, 3.05) is 99.6 Å². The minimum atomic E-state index is -1.01. The van der Waals surface area contributed by atoms with Gasteiger partial charge in [-0.1, -0.05) is 43.5 Å². The number of hydrogen-bond donors (Lipinski definition) is 3. The Labute approximate surface area is 309 Å². The molecule has 1 aromatic carbocycles. The summed E-state index contributed by atoms with van der Waals surface area (Å²) in [4.78, 5) is 43.6. The molecule has 0 spiro atoms. The second-order valence-electron chi connectivity index (χ2n) is 12.2. The van der Waals surface area contributed by atoms with E-state index in [0.717, 1.165) is 42.9 Å². The van der Waals surface area contributed by atoms with Crippen LogP contribution in [0.4, 0.5) is 0 Å². The van der Waals surface area contributed by atoms with Crippen molar-refractivity contribution < 1.29 is 48.2 Å². The summed E-state index contributed by atoms with van der Waals surface area (Å²) in [6.45, 7) is 7.34. The SMILES string of the molecule is COCCOCCOCCOCCOCCOCCOCCO.Cn1c(-c2ccc(/C=C/C(=O)O)cc2)nc2[nH]c(=O)n(CC3CCCCC3)c(=O)c21. The van der Waals surface area contributed by atoms with E-state index in [1.54, 1.807) is 43.0 Å². The molecule has 1 fully saturated rings. The van der Waals surface area contributed by atoms with Crippen LogP contribution in [0.25, 0.3) is 28.6 Å². The Morgan fingerprint density at radius 1 is 0.811 bits per heavy atom. The second kappa shape index (κ2) is 26.1. The first kappa shape index (κ1) is 43.7. The van der Waals surface area contributed by atoms with E-state index in [2.05, 4.69) is 9.97 Å². The normalized spacial score (nSPS) is 13.5. The molecule has 0 aliphatic heterocycles. The molecule has 0 unspecified atom stereocenters. The summed E-state index contributed by atoms with van der Waals surface area (Å²) in [6, 6.07) is 7.17. The van der Waals surface area contributed by atoms with Crippen molar-refractivity contribution in [1.29, 1.82) is 0 Å². The number of ether oxygens (including phenoxy) is 7. The van der Waals surface area contributed by atoms with Gasteiger partial charge in [-0.25, -0.2) is 14.6 Å². The lowest BCUT2D eigenvalue weighted by atomic mass is 9.89. The van der Waals surface area contributed by atoms with Gasteiger partial charge in [0.25, 0.3) is 5.56 Å². The van der Waals surface area contributed by atoms with Crippen LogP contribution in [0, 0.1) is 5.92 Å². The van der Waals surface area contributed by atoms with Gasteiger partial charge in [-0.15, -0.1) is 0 Å². The molecular weight excluding hydrogens is 692 g/mol. The number of aromatic amines is 1. The number of fused-ring (bicyclic) bond motifs is 1. The average Bonchev–Trinajstić information content (AvgIpc) is 3.49. The van der Waals surface area contributed by atoms with E-state index in [1.165, 1.54) is 17.1 Å². The zero-order valence-electron chi connectivity index (χ0n) is 31.0. The molecule has 2 heterocycles. The van der Waals surface area contributed by atoms with Gasteiger partial charge >= 0.3 is 11.7 Å². The summed E-state index contributed by atoms with van der Waals surface area (Å²) in [5.41, 5.74) is 1.41. The quantitative estimate of drug-likeness (QED) is 0.0846. The largest absolute Gasteiger partial charge is 0.478 e. The Bertz CT molecular complexity index is 1580. The molecule has 3 N–H and O–H groups in total. The number of rotatable bonds is 25. The number of aromatic nitrogens is 4. The number of methoxy groups -OCH3 is 1. The highest BCUT2D eigenvalue weighted by Crippen LogP contribution is 2.25. The number of carbonyl (C=O) groups is 1. The maximum Gasteiger partial charge on any atom is 0.330 e. The molecule has 16 nitrogen and oxygen atoms in total. The zero-order valence-corrected chi connectivity index (χ0v) is 31.0. The lowest BCUT2D eigenvalue weighted by Crippen LogP contribution is -2.38. The van der Waals surface area contributed by atoms with E-state index in [-0.39, 0.29) is 17.8 Å². The van der Waals surface area contributed by atoms with Crippen LogP contribution in [0.5, 0.6) is 0 Å². The fourth-order valence-electron chi connectivity index (χ4n) is 5.59. The van der Waals surface area contributed by atoms with Crippen LogP contribution in [0.1, 0.15) is 37.7 Å². The van der Waals surface area contributed by atoms with Gasteiger partial charge in [0.05, 0.1) is 92.5 Å². The minimum absolute atomic E-state index is 0.0380. The number of carboxylic acid groups (broad SMARTS) is 1. The maximum absolute atomic E-state index is 13.1. The lowest BCUT2D eigenvalue weighted by molar-refractivity contribution is -0.131. The number of H-pyrrole nitrogens is 1. The van der Waals surface area contributed by atoms with Crippen molar-refractivity contribution in [2.45, 2.75) is 38.6 Å². The highest BCUT2D eigenvalue weighted by Gasteiger charge is 2.20. The smallest absolute Gasteiger partial charge is 0.330 e. The number of nitrogens with zero attached hydrogens (tertiary/aromatic N) is 3. The van der Waals surface area contributed by atoms with Crippen LogP contribution < -0.4 is 11.2 Å². The van der Waals surface area contributed by atoms with E-state index < -0.39 is 11.7 Å². The zero-order chi connectivity index (χ0) is 38.1. The molecule has 3 aromatic rings. The number of aliphatic hydroxyl groups is 1. The molecule has 0 amide bonds. The van der Waals surface area contributed by atoms with Crippen molar-refractivity contribution in [3.63, 3.8) is 0 Å². The predicted octanol–water partition coefficient (Wildman–Crippen LogP) is 2.49. The summed E-state index contributed by atoms with van der Waals surface area (Å²) in [7, 11) is 3.40. The monoisotopic (exact) mass is 748 g/mol. The van der Waals surface area contributed by atoms with Crippen LogP contribution >= 0.6 is 0 Å². The van der Waals surface area contributed by atoms with Crippen molar-refractivity contribution >= 4 is 23.2 Å². The van der Waals surface area contributed by atoms with E-state index in [9.17, 15) is 14.4 Å². The highest BCUT2D eigenvalue weighted by molar-refractivity contribution is 5.85. The molecule has 1 aliphatic carbocycles. The molecule has 0 saturated heterocycles. The van der Waals surface area contributed by atoms with E-state index >= 15 is 0 Å². The number of aliphatic carboxylic acids is 1. The number of carboxylic acids is 1. The molecule has 4 rings (SSSR count). The summed E-state index contributed by atoms with van der Waals surface area (Å²) in [6.07, 6.45) is 8.18. The molecule has 16 heteroatoms. The van der Waals surface area contributed by atoms with Crippen molar-refractivity contribution in [3.05, 3.63) is 56.7 Å². The molecule has 1 aliphatic rings. The lowest BCUT2D eigenvalue weighted by Gasteiger charge is -2.21. The van der Waals surface area contributed by atoms with E-state index in [0.29, 0.717) is 110 Å². The maximum atomic E-state index is 13.1. The van der Waals surface area contributed by atoms with Crippen molar-refractivity contribution in [3.8, 4) is 11.4 Å². The van der Waals surface area contributed by atoms with Crippen LogP contribution in [0.2, 0.25) is 0 Å². The fourth-order valence-corrected chi connectivity index (χ4v) is 5.59. The van der Waals surface area contributed by atoms with Crippen LogP contribution in [-0.2, 0) is 51.5 Å². The van der Waals surface area contributed by atoms with Crippen molar-refractivity contribution in [2.24, 2.45) is 13.0 Å². The van der Waals surface area contributed by atoms with Crippen LogP contribution in [0.15, 0.2) is 39.9 Å². The molecule has 1 saturated carbocycles. The van der Waals surface area contributed by atoms with Gasteiger partial charge in [-0.05, 0) is 30.4 Å².